The van der Waals surface area contributed by atoms with Crippen molar-refractivity contribution in [3.05, 3.63) is 34.3 Å². The Labute approximate surface area is 135 Å². The molecule has 3 rings (SSSR count). The average molecular weight is 367 g/mol. The molecular weight excluding hydrogens is 352 g/mol. The molecule has 21 heavy (non-hydrogen) atoms. The molecule has 2 aliphatic heterocycles. The van der Waals surface area contributed by atoms with E-state index in [1.54, 1.807) is 0 Å². The van der Waals surface area contributed by atoms with Gasteiger partial charge in [0, 0.05) is 23.1 Å². The predicted octanol–water partition coefficient (Wildman–Crippen LogP) is 1.77. The number of halogens is 1. The normalized spacial score (nSPS) is 25.3. The molecule has 5 nitrogen and oxygen atoms in total. The summed E-state index contributed by atoms with van der Waals surface area (Å²) < 4.78 is 1.03. The highest BCUT2D eigenvalue weighted by Gasteiger charge is 2.34. The quantitative estimate of drug-likeness (QED) is 0.795. The lowest BCUT2D eigenvalue weighted by molar-refractivity contribution is -0.121. The molecule has 1 amide bonds. The minimum absolute atomic E-state index is 0.0941. The maximum Gasteiger partial charge on any atom is 0.254 e. The smallest absolute Gasteiger partial charge is 0.254 e. The first-order valence-corrected chi connectivity index (χ1v) is 8.68. The molecule has 7 heteroatoms. The molecule has 2 unspecified atom stereocenters. The van der Waals surface area contributed by atoms with Gasteiger partial charge in [-0.25, -0.2) is 4.99 Å². The summed E-state index contributed by atoms with van der Waals surface area (Å²) in [7, 11) is 0. The number of amidine groups is 1. The maximum absolute atomic E-state index is 12.2. The monoisotopic (exact) mass is 366 g/mol. The van der Waals surface area contributed by atoms with Crippen molar-refractivity contribution in [1.82, 2.24) is 10.6 Å². The van der Waals surface area contributed by atoms with Crippen LogP contribution in [-0.2, 0) is 4.79 Å². The number of hydrogen-bond donors (Lipinski definition) is 2. The Bertz CT molecular complexity index is 614. The maximum atomic E-state index is 12.2. The van der Waals surface area contributed by atoms with Crippen molar-refractivity contribution < 1.29 is 4.79 Å². The number of benzene rings is 1. The van der Waals surface area contributed by atoms with E-state index in [1.807, 2.05) is 30.5 Å². The molecule has 0 fully saturated rings. The molecule has 110 valence electrons. The minimum Gasteiger partial charge on any atom is -0.303 e. The Morgan fingerprint density at radius 3 is 2.76 bits per heavy atom. The topological polar surface area (TPSA) is 65.8 Å². The number of carbonyl (C=O) groups excluding carboxylic acids is 1. The summed E-state index contributed by atoms with van der Waals surface area (Å²) in [5.41, 5.74) is 1.99. The average Bonchev–Trinajstić information content (AvgIpc) is 2.70. The van der Waals surface area contributed by atoms with E-state index in [9.17, 15) is 4.79 Å². The van der Waals surface area contributed by atoms with Crippen LogP contribution in [0.15, 0.2) is 38.7 Å². The second-order valence-electron chi connectivity index (χ2n) is 4.80. The van der Waals surface area contributed by atoms with Gasteiger partial charge in [0.05, 0.1) is 0 Å². The van der Waals surface area contributed by atoms with Crippen LogP contribution < -0.4 is 10.6 Å². The lowest BCUT2D eigenvalue weighted by Gasteiger charge is -2.25. The summed E-state index contributed by atoms with van der Waals surface area (Å²) in [6.07, 6.45) is 2.41. The molecule has 1 aromatic carbocycles. The summed E-state index contributed by atoms with van der Waals surface area (Å²) in [5, 5.41) is 6.75. The fourth-order valence-corrected chi connectivity index (χ4v) is 3.06. The second-order valence-corrected chi connectivity index (χ2v) is 6.51. The molecule has 2 aliphatic rings. The van der Waals surface area contributed by atoms with Crippen LogP contribution in [0.4, 0.5) is 0 Å². The number of carbonyl (C=O) groups is 1. The summed E-state index contributed by atoms with van der Waals surface area (Å²) in [6, 6.07) is 7.50. The van der Waals surface area contributed by atoms with Gasteiger partial charge in [0.2, 0.25) is 0 Å². The van der Waals surface area contributed by atoms with Crippen LogP contribution in [0.3, 0.4) is 0 Å². The molecule has 0 saturated carbocycles. The Balaban J connectivity index is 1.93. The highest BCUT2D eigenvalue weighted by molar-refractivity contribution is 9.10. The molecular formula is C14H15BrN4OS. The molecule has 0 radical (unpaired) electrons. The molecule has 2 heterocycles. The summed E-state index contributed by atoms with van der Waals surface area (Å²) >= 11 is 4.86. The van der Waals surface area contributed by atoms with E-state index in [1.165, 1.54) is 11.8 Å². The first kappa shape index (κ1) is 14.7. The number of hydrogen-bond acceptors (Lipinski definition) is 5. The molecule has 0 bridgehead atoms. The summed E-state index contributed by atoms with van der Waals surface area (Å²) in [4.78, 5) is 21.4. The van der Waals surface area contributed by atoms with E-state index < -0.39 is 6.04 Å². The van der Waals surface area contributed by atoms with Crippen molar-refractivity contribution in [3.8, 4) is 0 Å². The number of rotatable bonds is 1. The Kier molecular flexibility index (Phi) is 4.42. The van der Waals surface area contributed by atoms with Crippen LogP contribution in [0.1, 0.15) is 12.0 Å². The zero-order valence-electron chi connectivity index (χ0n) is 11.5. The molecule has 2 atom stereocenters. The molecule has 1 aromatic rings. The summed E-state index contributed by atoms with van der Waals surface area (Å²) in [5.74, 6) is -0.0941. The fourth-order valence-electron chi connectivity index (χ4n) is 2.37. The highest BCUT2D eigenvalue weighted by Crippen LogP contribution is 2.18. The Hall–Kier alpha value is -1.18. The van der Waals surface area contributed by atoms with Gasteiger partial charge in [-0.15, -0.1) is 0 Å². The van der Waals surface area contributed by atoms with Crippen LogP contribution in [0, 0.1) is 0 Å². The van der Waals surface area contributed by atoms with E-state index in [4.69, 9.17) is 0 Å². The van der Waals surface area contributed by atoms with Crippen molar-refractivity contribution >= 4 is 44.5 Å². The van der Waals surface area contributed by atoms with Crippen molar-refractivity contribution in [2.45, 2.75) is 18.6 Å². The van der Waals surface area contributed by atoms with Crippen LogP contribution in [0.5, 0.6) is 0 Å². The first-order chi connectivity index (χ1) is 10.2. The number of fused-ring (bicyclic) bond motifs is 1. The zero-order valence-corrected chi connectivity index (χ0v) is 13.9. The van der Waals surface area contributed by atoms with Crippen molar-refractivity contribution in [3.63, 3.8) is 0 Å². The van der Waals surface area contributed by atoms with E-state index in [-0.39, 0.29) is 12.1 Å². The molecule has 0 aliphatic carbocycles. The third-order valence-corrected chi connectivity index (χ3v) is 4.56. The van der Waals surface area contributed by atoms with Gasteiger partial charge in [0.15, 0.2) is 11.2 Å². The van der Waals surface area contributed by atoms with Gasteiger partial charge >= 0.3 is 0 Å². The zero-order chi connectivity index (χ0) is 14.8. The largest absolute Gasteiger partial charge is 0.303 e. The number of aliphatic imine (C=N–C) groups is 2. The van der Waals surface area contributed by atoms with E-state index in [2.05, 4.69) is 36.5 Å². The molecule has 0 spiro atoms. The van der Waals surface area contributed by atoms with Gasteiger partial charge in [-0.05, 0) is 24.0 Å². The number of thioether (sulfide) groups is 1. The van der Waals surface area contributed by atoms with E-state index in [0.717, 1.165) is 28.7 Å². The van der Waals surface area contributed by atoms with Gasteiger partial charge in [0.1, 0.15) is 6.17 Å². The SMILES string of the molecule is CSC1=NC2NCCC(c3ccc(Br)cc3)=NC2C(=O)N1. The van der Waals surface area contributed by atoms with E-state index in [0.29, 0.717) is 5.17 Å². The number of amides is 1. The molecule has 0 aromatic heterocycles. The first-order valence-electron chi connectivity index (χ1n) is 6.66. The van der Waals surface area contributed by atoms with Crippen LogP contribution in [-0.4, -0.2) is 41.8 Å². The Morgan fingerprint density at radius 2 is 2.05 bits per heavy atom. The van der Waals surface area contributed by atoms with Crippen LogP contribution >= 0.6 is 27.7 Å². The second kappa shape index (κ2) is 6.29. The lowest BCUT2D eigenvalue weighted by Crippen LogP contribution is -2.52. The Morgan fingerprint density at radius 1 is 1.29 bits per heavy atom. The van der Waals surface area contributed by atoms with Crippen LogP contribution in [0.2, 0.25) is 0 Å². The third-order valence-electron chi connectivity index (χ3n) is 3.44. The van der Waals surface area contributed by atoms with Crippen molar-refractivity contribution in [2.24, 2.45) is 9.98 Å². The van der Waals surface area contributed by atoms with Gasteiger partial charge in [-0.2, -0.15) is 0 Å². The van der Waals surface area contributed by atoms with E-state index >= 15 is 0 Å². The standard InChI is InChI=1S/C14H15BrN4OS/c1-21-14-18-12-11(13(20)19-14)17-10(6-7-16-12)8-2-4-9(15)5-3-8/h2-5,11-12,16H,6-7H2,1H3,(H,18,19,20). The third kappa shape index (κ3) is 3.20. The van der Waals surface area contributed by atoms with Gasteiger partial charge in [0.25, 0.3) is 5.91 Å². The minimum atomic E-state index is -0.498. The number of nitrogens with one attached hydrogen (secondary N) is 2. The lowest BCUT2D eigenvalue weighted by atomic mass is 10.1. The predicted molar refractivity (Wildman–Crippen MR) is 90.0 cm³/mol. The van der Waals surface area contributed by atoms with Gasteiger partial charge < -0.3 is 5.32 Å². The fraction of sp³-hybridized carbons (Fsp3) is 0.357. The van der Waals surface area contributed by atoms with Crippen molar-refractivity contribution in [1.29, 1.82) is 0 Å². The summed E-state index contributed by atoms with van der Waals surface area (Å²) in [6.45, 7) is 0.758. The highest BCUT2D eigenvalue weighted by atomic mass is 79.9. The molecule has 0 saturated heterocycles. The van der Waals surface area contributed by atoms with Gasteiger partial charge in [-0.3, -0.25) is 15.1 Å². The van der Waals surface area contributed by atoms with Gasteiger partial charge in [-0.1, -0.05) is 39.8 Å². The van der Waals surface area contributed by atoms with Crippen LogP contribution in [0.25, 0.3) is 0 Å². The van der Waals surface area contributed by atoms with Crippen molar-refractivity contribution in [2.75, 3.05) is 12.8 Å². The molecule has 2 N–H and O–H groups in total. The number of nitrogens with zero attached hydrogens (tertiary/aromatic N) is 2.